The molecule has 0 saturated carbocycles. The average Bonchev–Trinajstić information content (AvgIpc) is 2.76. The summed E-state index contributed by atoms with van der Waals surface area (Å²) in [6.07, 6.45) is 0.874. The third-order valence-corrected chi connectivity index (χ3v) is 3.10. The molecule has 0 radical (unpaired) electrons. The Hall–Kier alpha value is -1.13. The largest absolute Gasteiger partial charge is 0.356 e. The summed E-state index contributed by atoms with van der Waals surface area (Å²) in [6, 6.07) is 7.76. The number of rotatable bonds is 4. The molecule has 0 saturated heterocycles. The Bertz CT molecular complexity index is 453. The van der Waals surface area contributed by atoms with Gasteiger partial charge in [-0.15, -0.1) is 0 Å². The number of benzene rings is 1. The molecule has 0 amide bonds. The van der Waals surface area contributed by atoms with Crippen LogP contribution in [0.25, 0.3) is 0 Å². The zero-order valence-electron chi connectivity index (χ0n) is 8.90. The summed E-state index contributed by atoms with van der Waals surface area (Å²) in [5.74, 6) is 0.892. The van der Waals surface area contributed by atoms with Crippen LogP contribution in [0.2, 0.25) is 5.02 Å². The molecule has 0 aliphatic heterocycles. The Balaban J connectivity index is 1.94. The number of halogens is 1. The second kappa shape index (κ2) is 5.27. The summed E-state index contributed by atoms with van der Waals surface area (Å²) in [5, 5.41) is 4.86. The van der Waals surface area contributed by atoms with E-state index < -0.39 is 0 Å². The second-order valence-electron chi connectivity index (χ2n) is 3.35. The van der Waals surface area contributed by atoms with Gasteiger partial charge in [0.25, 0.3) is 0 Å². The van der Waals surface area contributed by atoms with Crippen LogP contribution in [0, 0.1) is 0 Å². The number of hydrogen-bond donors (Lipinski definition) is 1. The van der Waals surface area contributed by atoms with E-state index in [4.69, 9.17) is 11.6 Å². The van der Waals surface area contributed by atoms with Gasteiger partial charge in [-0.1, -0.05) is 30.7 Å². The van der Waals surface area contributed by atoms with Crippen LogP contribution in [0.5, 0.6) is 0 Å². The molecule has 84 valence electrons. The van der Waals surface area contributed by atoms with Gasteiger partial charge in [0, 0.05) is 29.5 Å². The van der Waals surface area contributed by atoms with E-state index in [1.165, 1.54) is 17.1 Å². The van der Waals surface area contributed by atoms with E-state index in [1.807, 2.05) is 31.2 Å². The highest BCUT2D eigenvalue weighted by molar-refractivity contribution is 7.09. The van der Waals surface area contributed by atoms with Crippen molar-refractivity contribution in [1.82, 2.24) is 9.36 Å². The Morgan fingerprint density at radius 3 is 2.69 bits per heavy atom. The highest BCUT2D eigenvalue weighted by atomic mass is 35.5. The lowest BCUT2D eigenvalue weighted by molar-refractivity contribution is 0.993. The normalized spacial score (nSPS) is 10.4. The number of aromatic nitrogens is 2. The van der Waals surface area contributed by atoms with Crippen LogP contribution in [0.1, 0.15) is 18.3 Å². The molecule has 1 N–H and O–H groups in total. The molecule has 16 heavy (non-hydrogen) atoms. The third kappa shape index (κ3) is 2.93. The highest BCUT2D eigenvalue weighted by Gasteiger charge is 2.01. The van der Waals surface area contributed by atoms with Crippen molar-refractivity contribution in [3.63, 3.8) is 0 Å². The first-order chi connectivity index (χ1) is 7.78. The minimum Gasteiger partial charge on any atom is -0.356 e. The summed E-state index contributed by atoms with van der Waals surface area (Å²) in [4.78, 5) is 4.33. The molecule has 3 nitrogen and oxygen atoms in total. The van der Waals surface area contributed by atoms with E-state index in [-0.39, 0.29) is 0 Å². The fraction of sp³-hybridized carbons (Fsp3) is 0.273. The van der Waals surface area contributed by atoms with E-state index in [2.05, 4.69) is 14.7 Å². The van der Waals surface area contributed by atoms with Crippen molar-refractivity contribution in [3.05, 3.63) is 40.7 Å². The molecule has 2 rings (SSSR count). The fourth-order valence-corrected chi connectivity index (χ4v) is 2.02. The van der Waals surface area contributed by atoms with Crippen LogP contribution in [-0.2, 0) is 13.0 Å². The van der Waals surface area contributed by atoms with Crippen molar-refractivity contribution >= 4 is 28.3 Å². The number of nitrogens with zero attached hydrogens (tertiary/aromatic N) is 2. The summed E-state index contributed by atoms with van der Waals surface area (Å²) in [7, 11) is 0. The SMILES string of the molecule is CCc1nsc(NCc2ccc(Cl)cc2)n1. The predicted octanol–water partition coefficient (Wildman–Crippen LogP) is 3.37. The molecule has 0 unspecified atom stereocenters. The molecular weight excluding hydrogens is 242 g/mol. The minimum atomic E-state index is 0.746. The predicted molar refractivity (Wildman–Crippen MR) is 68.1 cm³/mol. The average molecular weight is 254 g/mol. The van der Waals surface area contributed by atoms with Crippen molar-refractivity contribution in [2.45, 2.75) is 19.9 Å². The van der Waals surface area contributed by atoms with Crippen molar-refractivity contribution in [1.29, 1.82) is 0 Å². The Labute approximate surface area is 104 Å². The van der Waals surface area contributed by atoms with Gasteiger partial charge < -0.3 is 5.32 Å². The number of anilines is 1. The van der Waals surface area contributed by atoms with E-state index >= 15 is 0 Å². The molecular formula is C11H12ClN3S. The van der Waals surface area contributed by atoms with Crippen LogP contribution in [0.3, 0.4) is 0 Å². The molecule has 1 aromatic carbocycles. The lowest BCUT2D eigenvalue weighted by Crippen LogP contribution is -1.98. The molecule has 0 spiro atoms. The molecule has 0 atom stereocenters. The van der Waals surface area contributed by atoms with Gasteiger partial charge in [-0.25, -0.2) is 4.98 Å². The molecule has 5 heteroatoms. The van der Waals surface area contributed by atoms with Crippen molar-refractivity contribution < 1.29 is 0 Å². The van der Waals surface area contributed by atoms with E-state index in [1.54, 1.807) is 0 Å². The summed E-state index contributed by atoms with van der Waals surface area (Å²) in [5.41, 5.74) is 1.18. The molecule has 0 aliphatic rings. The van der Waals surface area contributed by atoms with E-state index in [9.17, 15) is 0 Å². The topological polar surface area (TPSA) is 37.8 Å². The zero-order valence-corrected chi connectivity index (χ0v) is 10.5. The Morgan fingerprint density at radius 1 is 1.31 bits per heavy atom. The third-order valence-electron chi connectivity index (χ3n) is 2.14. The van der Waals surface area contributed by atoms with Crippen molar-refractivity contribution in [3.8, 4) is 0 Å². The monoisotopic (exact) mass is 253 g/mol. The summed E-state index contributed by atoms with van der Waals surface area (Å²) < 4.78 is 4.21. The maximum absolute atomic E-state index is 5.81. The van der Waals surface area contributed by atoms with Gasteiger partial charge in [0.1, 0.15) is 5.82 Å². The molecule has 2 aromatic rings. The zero-order chi connectivity index (χ0) is 11.4. The lowest BCUT2D eigenvalue weighted by Gasteiger charge is -2.01. The minimum absolute atomic E-state index is 0.746. The lowest BCUT2D eigenvalue weighted by atomic mass is 10.2. The summed E-state index contributed by atoms with van der Waals surface area (Å²) >= 11 is 7.21. The molecule has 1 aromatic heterocycles. The van der Waals surface area contributed by atoms with Gasteiger partial charge in [-0.3, -0.25) is 0 Å². The van der Waals surface area contributed by atoms with Crippen molar-refractivity contribution in [2.24, 2.45) is 0 Å². The molecule has 0 fully saturated rings. The van der Waals surface area contributed by atoms with Crippen molar-refractivity contribution in [2.75, 3.05) is 5.32 Å². The van der Waals surface area contributed by atoms with Crippen LogP contribution < -0.4 is 5.32 Å². The van der Waals surface area contributed by atoms with Gasteiger partial charge >= 0.3 is 0 Å². The number of nitrogens with one attached hydrogen (secondary N) is 1. The quantitative estimate of drug-likeness (QED) is 0.908. The van der Waals surface area contributed by atoms with Crippen LogP contribution in [0.15, 0.2) is 24.3 Å². The van der Waals surface area contributed by atoms with Crippen LogP contribution >= 0.6 is 23.1 Å². The van der Waals surface area contributed by atoms with Gasteiger partial charge in [-0.05, 0) is 17.7 Å². The first-order valence-electron chi connectivity index (χ1n) is 5.09. The molecule has 1 heterocycles. The highest BCUT2D eigenvalue weighted by Crippen LogP contribution is 2.14. The van der Waals surface area contributed by atoms with Gasteiger partial charge in [-0.2, -0.15) is 4.37 Å². The molecule has 0 aliphatic carbocycles. The Kier molecular flexibility index (Phi) is 3.74. The number of hydrogen-bond acceptors (Lipinski definition) is 4. The van der Waals surface area contributed by atoms with Crippen LogP contribution in [-0.4, -0.2) is 9.36 Å². The first-order valence-corrected chi connectivity index (χ1v) is 6.24. The fourth-order valence-electron chi connectivity index (χ4n) is 1.25. The maximum atomic E-state index is 5.81. The maximum Gasteiger partial charge on any atom is 0.202 e. The van der Waals surface area contributed by atoms with E-state index in [0.717, 1.165) is 28.9 Å². The van der Waals surface area contributed by atoms with Gasteiger partial charge in [0.2, 0.25) is 5.13 Å². The van der Waals surface area contributed by atoms with Gasteiger partial charge in [0.15, 0.2) is 0 Å². The smallest absolute Gasteiger partial charge is 0.202 e. The van der Waals surface area contributed by atoms with E-state index in [0.29, 0.717) is 0 Å². The standard InChI is InChI=1S/C11H12ClN3S/c1-2-10-14-11(16-15-10)13-7-8-3-5-9(12)6-4-8/h3-6H,2,7H2,1H3,(H,13,14,15). The van der Waals surface area contributed by atoms with Gasteiger partial charge in [0.05, 0.1) is 0 Å². The first kappa shape index (κ1) is 11.4. The Morgan fingerprint density at radius 2 is 2.06 bits per heavy atom. The summed E-state index contributed by atoms with van der Waals surface area (Å²) in [6.45, 7) is 2.79. The van der Waals surface area contributed by atoms with Crippen LogP contribution in [0.4, 0.5) is 5.13 Å². The molecule has 0 bridgehead atoms. The number of aryl methyl sites for hydroxylation is 1. The second-order valence-corrected chi connectivity index (χ2v) is 4.54.